The number of phenolic OH excluding ortho intramolecular Hbond substituents is 1. The predicted molar refractivity (Wildman–Crippen MR) is 115 cm³/mol. The van der Waals surface area contributed by atoms with E-state index in [0.29, 0.717) is 18.3 Å². The molecule has 1 fully saturated rings. The van der Waals surface area contributed by atoms with Gasteiger partial charge in [0.05, 0.1) is 5.56 Å². The van der Waals surface area contributed by atoms with Gasteiger partial charge in [0.15, 0.2) is 6.29 Å². The summed E-state index contributed by atoms with van der Waals surface area (Å²) in [7, 11) is 0. The van der Waals surface area contributed by atoms with E-state index < -0.39 is 6.09 Å². The van der Waals surface area contributed by atoms with Gasteiger partial charge in [0.2, 0.25) is 0 Å². The third kappa shape index (κ3) is 3.69. The van der Waals surface area contributed by atoms with Gasteiger partial charge in [0.1, 0.15) is 12.4 Å². The van der Waals surface area contributed by atoms with Crippen molar-refractivity contribution in [3.63, 3.8) is 0 Å². The third-order valence-electron chi connectivity index (χ3n) is 7.09. The number of fused-ring (bicyclic) bond motifs is 3. The Hall–Kier alpha value is -2.82. The van der Waals surface area contributed by atoms with E-state index in [0.717, 1.165) is 48.8 Å². The van der Waals surface area contributed by atoms with Crippen LogP contribution in [0.15, 0.2) is 42.5 Å². The highest BCUT2D eigenvalue weighted by molar-refractivity contribution is 5.80. The summed E-state index contributed by atoms with van der Waals surface area (Å²) in [5, 5.41) is 13.5. The van der Waals surface area contributed by atoms with Crippen molar-refractivity contribution in [1.82, 2.24) is 5.32 Å². The Kier molecular flexibility index (Phi) is 5.80. The Labute approximate surface area is 177 Å². The van der Waals surface area contributed by atoms with Crippen molar-refractivity contribution in [3.05, 3.63) is 64.7 Å². The second kappa shape index (κ2) is 8.50. The van der Waals surface area contributed by atoms with Gasteiger partial charge in [-0.2, -0.15) is 0 Å². The van der Waals surface area contributed by atoms with Crippen LogP contribution in [0.5, 0.6) is 5.75 Å². The normalized spacial score (nSPS) is 25.0. The largest absolute Gasteiger partial charge is 0.507 e. The quantitative estimate of drug-likeness (QED) is 0.692. The molecule has 0 heterocycles. The summed E-state index contributed by atoms with van der Waals surface area (Å²) >= 11 is 0. The summed E-state index contributed by atoms with van der Waals surface area (Å²) in [6.45, 7) is 2.42. The fourth-order valence-corrected chi connectivity index (χ4v) is 5.64. The minimum absolute atomic E-state index is 0.0505. The fraction of sp³-hybridized carbons (Fsp3) is 0.440. The van der Waals surface area contributed by atoms with Gasteiger partial charge in [-0.1, -0.05) is 50.1 Å². The van der Waals surface area contributed by atoms with Gasteiger partial charge < -0.3 is 15.2 Å². The van der Waals surface area contributed by atoms with Crippen LogP contribution in [0.3, 0.4) is 0 Å². The number of carbonyl (C=O) groups is 2. The summed E-state index contributed by atoms with van der Waals surface area (Å²) in [6.07, 6.45) is 6.19. The number of nitrogens with one attached hydrogen (secondary N) is 1. The van der Waals surface area contributed by atoms with E-state index in [1.54, 1.807) is 12.1 Å². The number of rotatable bonds is 5. The molecule has 0 aliphatic heterocycles. The molecule has 2 aromatic carbocycles. The molecule has 0 unspecified atom stereocenters. The summed E-state index contributed by atoms with van der Waals surface area (Å²) in [4.78, 5) is 24.0. The number of benzene rings is 2. The molecule has 1 amide bonds. The monoisotopic (exact) mass is 407 g/mol. The first kappa shape index (κ1) is 20.5. The molecule has 3 atom stereocenters. The molecule has 0 radical (unpaired) electrons. The number of aromatic hydroxyl groups is 1. The van der Waals surface area contributed by atoms with Gasteiger partial charge in [0.25, 0.3) is 0 Å². The maximum atomic E-state index is 12.6. The molecule has 4 rings (SSSR count). The van der Waals surface area contributed by atoms with Crippen LogP contribution in [0.2, 0.25) is 0 Å². The third-order valence-corrected chi connectivity index (χ3v) is 7.09. The first-order valence-corrected chi connectivity index (χ1v) is 10.9. The lowest BCUT2D eigenvalue weighted by molar-refractivity contribution is 0.0961. The highest BCUT2D eigenvalue weighted by atomic mass is 16.5. The van der Waals surface area contributed by atoms with Gasteiger partial charge >= 0.3 is 6.09 Å². The summed E-state index contributed by atoms with van der Waals surface area (Å²) in [5.74, 6) is 0.337. The molecule has 30 heavy (non-hydrogen) atoms. The van der Waals surface area contributed by atoms with Crippen molar-refractivity contribution in [2.45, 2.75) is 63.5 Å². The van der Waals surface area contributed by atoms with E-state index in [1.165, 1.54) is 0 Å². The molecule has 158 valence electrons. The van der Waals surface area contributed by atoms with Crippen molar-refractivity contribution in [1.29, 1.82) is 0 Å². The van der Waals surface area contributed by atoms with Gasteiger partial charge in [-0.3, -0.25) is 4.79 Å². The molecule has 2 aromatic rings. The van der Waals surface area contributed by atoms with E-state index in [2.05, 4.69) is 12.2 Å². The SMILES string of the molecule is CC[C@@]12CCCC[C@@H]1[C@@H](NC(=O)OCc1ccccc1)Cc1cc(C=O)c(O)cc12. The lowest BCUT2D eigenvalue weighted by Crippen LogP contribution is -2.55. The summed E-state index contributed by atoms with van der Waals surface area (Å²) in [5.41, 5.74) is 3.35. The molecule has 1 saturated carbocycles. The zero-order chi connectivity index (χ0) is 21.1. The Bertz CT molecular complexity index is 926. The average Bonchev–Trinajstić information content (AvgIpc) is 2.78. The minimum Gasteiger partial charge on any atom is -0.507 e. The number of alkyl carbamates (subject to hydrolysis) is 1. The summed E-state index contributed by atoms with van der Waals surface area (Å²) in [6, 6.07) is 13.2. The highest BCUT2D eigenvalue weighted by Crippen LogP contribution is 2.53. The molecule has 5 heteroatoms. The van der Waals surface area contributed by atoms with Crippen LogP contribution in [0.4, 0.5) is 4.79 Å². The number of amides is 1. The number of aldehydes is 1. The Morgan fingerprint density at radius 1 is 1.27 bits per heavy atom. The Balaban J connectivity index is 1.59. The maximum Gasteiger partial charge on any atom is 0.407 e. The van der Waals surface area contributed by atoms with Crippen LogP contribution in [0.1, 0.15) is 66.1 Å². The molecule has 2 N–H and O–H groups in total. The number of hydrogen-bond donors (Lipinski definition) is 2. The summed E-state index contributed by atoms with van der Waals surface area (Å²) < 4.78 is 5.48. The second-order valence-corrected chi connectivity index (χ2v) is 8.56. The van der Waals surface area contributed by atoms with E-state index >= 15 is 0 Å². The van der Waals surface area contributed by atoms with Gasteiger partial charge in [0, 0.05) is 11.5 Å². The van der Waals surface area contributed by atoms with Crippen molar-refractivity contribution in [2.24, 2.45) is 5.92 Å². The van der Waals surface area contributed by atoms with Crippen molar-refractivity contribution in [2.75, 3.05) is 0 Å². The molecular weight excluding hydrogens is 378 g/mol. The smallest absolute Gasteiger partial charge is 0.407 e. The number of carbonyl (C=O) groups excluding carboxylic acids is 2. The minimum atomic E-state index is -0.405. The molecule has 0 saturated heterocycles. The molecule has 2 aliphatic carbocycles. The number of hydrogen-bond acceptors (Lipinski definition) is 4. The molecule has 0 spiro atoms. The first-order valence-electron chi connectivity index (χ1n) is 10.9. The number of ether oxygens (including phenoxy) is 1. The molecule has 0 aromatic heterocycles. The molecular formula is C25H29NO4. The van der Waals surface area contributed by atoms with Gasteiger partial charge in [-0.25, -0.2) is 4.79 Å². The van der Waals surface area contributed by atoms with E-state index in [1.807, 2.05) is 30.3 Å². The zero-order valence-corrected chi connectivity index (χ0v) is 17.4. The first-order chi connectivity index (χ1) is 14.6. The molecule has 0 bridgehead atoms. The van der Waals surface area contributed by atoms with Crippen molar-refractivity contribution in [3.8, 4) is 5.75 Å². The Morgan fingerprint density at radius 3 is 2.80 bits per heavy atom. The topological polar surface area (TPSA) is 75.6 Å². The fourth-order valence-electron chi connectivity index (χ4n) is 5.64. The average molecular weight is 408 g/mol. The van der Waals surface area contributed by atoms with E-state index in [9.17, 15) is 14.7 Å². The van der Waals surface area contributed by atoms with Crippen LogP contribution in [0.25, 0.3) is 0 Å². The number of phenols is 1. The lowest BCUT2D eigenvalue weighted by atomic mass is 9.54. The van der Waals surface area contributed by atoms with Crippen molar-refractivity contribution >= 4 is 12.4 Å². The van der Waals surface area contributed by atoms with Gasteiger partial charge in [-0.05, 0) is 60.4 Å². The van der Waals surface area contributed by atoms with Gasteiger partial charge in [-0.15, -0.1) is 0 Å². The van der Waals surface area contributed by atoms with Crippen molar-refractivity contribution < 1.29 is 19.4 Å². The molecule has 5 nitrogen and oxygen atoms in total. The highest BCUT2D eigenvalue weighted by Gasteiger charge is 2.49. The maximum absolute atomic E-state index is 12.6. The molecule has 2 aliphatic rings. The van der Waals surface area contributed by atoms with E-state index in [4.69, 9.17) is 4.74 Å². The Morgan fingerprint density at radius 2 is 2.07 bits per heavy atom. The lowest BCUT2D eigenvalue weighted by Gasteiger charge is -2.52. The van der Waals surface area contributed by atoms with Crippen LogP contribution in [-0.4, -0.2) is 23.5 Å². The van der Waals surface area contributed by atoms with Crippen LogP contribution in [0, 0.1) is 5.92 Å². The second-order valence-electron chi connectivity index (χ2n) is 8.56. The van der Waals surface area contributed by atoms with E-state index in [-0.39, 0.29) is 29.7 Å². The predicted octanol–water partition coefficient (Wildman–Crippen LogP) is 4.89. The zero-order valence-electron chi connectivity index (χ0n) is 17.4. The van der Waals surface area contributed by atoms with Crippen LogP contribution >= 0.6 is 0 Å². The van der Waals surface area contributed by atoms with Crippen LogP contribution < -0.4 is 5.32 Å². The van der Waals surface area contributed by atoms with Crippen LogP contribution in [-0.2, 0) is 23.2 Å². The standard InChI is InChI=1S/C25H29NO4/c1-2-25-11-7-6-10-20(25)22(13-18-12-19(15-27)23(28)14-21(18)25)26-24(29)30-16-17-8-4-3-5-9-17/h3-5,8-9,12,14-15,20,22,28H,2,6-7,10-11,13,16H2,1H3,(H,26,29)/t20-,22+,25-/m1/s1.